The summed E-state index contributed by atoms with van der Waals surface area (Å²) < 4.78 is 16.1. The number of aryl methyl sites for hydroxylation is 1. The Morgan fingerprint density at radius 1 is 1.17 bits per heavy atom. The van der Waals surface area contributed by atoms with Crippen LogP contribution in [0.15, 0.2) is 34.8 Å². The van der Waals surface area contributed by atoms with Crippen molar-refractivity contribution < 1.29 is 19.0 Å². The quantitative estimate of drug-likeness (QED) is 0.464. The molecule has 0 aliphatic heterocycles. The highest BCUT2D eigenvalue weighted by atomic mass is 79.9. The van der Waals surface area contributed by atoms with Crippen LogP contribution in [0.25, 0.3) is 0 Å². The Hall–Kier alpha value is -1.43. The third-order valence-corrected chi connectivity index (χ3v) is 4.40. The van der Waals surface area contributed by atoms with Gasteiger partial charge in [-0.05, 0) is 46.6 Å². The molecular weight excluding hydrogens is 407 g/mol. The van der Waals surface area contributed by atoms with Gasteiger partial charge in [0.15, 0.2) is 0 Å². The Labute approximate surface area is 152 Å². The van der Waals surface area contributed by atoms with Crippen LogP contribution in [0, 0.1) is 6.92 Å². The molecule has 0 amide bonds. The van der Waals surface area contributed by atoms with E-state index in [1.165, 1.54) is 7.11 Å². The fourth-order valence-corrected chi connectivity index (χ4v) is 2.74. The number of carbonyl (C=O) groups excluding carboxylic acids is 1. The van der Waals surface area contributed by atoms with Crippen molar-refractivity contribution in [3.8, 4) is 11.5 Å². The van der Waals surface area contributed by atoms with Gasteiger partial charge in [-0.3, -0.25) is 0 Å². The Balaban J connectivity index is 2.23. The van der Waals surface area contributed by atoms with Crippen molar-refractivity contribution in [1.82, 2.24) is 0 Å². The second-order valence-corrected chi connectivity index (χ2v) is 6.26. The highest BCUT2D eigenvalue weighted by molar-refractivity contribution is 9.10. The molecule has 0 aliphatic carbocycles. The van der Waals surface area contributed by atoms with Gasteiger partial charge >= 0.3 is 6.16 Å². The molecule has 0 saturated carbocycles. The minimum Gasteiger partial charge on any atom is -0.487 e. The molecule has 0 heterocycles. The van der Waals surface area contributed by atoms with E-state index in [1.54, 1.807) is 24.3 Å². The first kappa shape index (κ1) is 17.9. The van der Waals surface area contributed by atoms with Crippen LogP contribution in [0.5, 0.6) is 11.5 Å². The van der Waals surface area contributed by atoms with Gasteiger partial charge in [0.1, 0.15) is 18.1 Å². The van der Waals surface area contributed by atoms with E-state index in [0.29, 0.717) is 21.4 Å². The van der Waals surface area contributed by atoms with Gasteiger partial charge < -0.3 is 14.2 Å². The third-order valence-electron chi connectivity index (χ3n) is 3.02. The van der Waals surface area contributed by atoms with Crippen LogP contribution in [-0.4, -0.2) is 13.3 Å². The van der Waals surface area contributed by atoms with E-state index in [2.05, 4.69) is 20.7 Å². The lowest BCUT2D eigenvalue weighted by Gasteiger charge is -2.14. The molecule has 0 radical (unpaired) electrons. The predicted octanol–water partition coefficient (Wildman–Crippen LogP) is 5.79. The molecule has 2 aromatic carbocycles. The molecule has 0 spiro atoms. The Kier molecular flexibility index (Phi) is 6.16. The van der Waals surface area contributed by atoms with Gasteiger partial charge in [0.25, 0.3) is 0 Å². The van der Waals surface area contributed by atoms with E-state index in [0.717, 1.165) is 10.0 Å². The van der Waals surface area contributed by atoms with Gasteiger partial charge in [-0.15, -0.1) is 0 Å². The number of rotatable bonds is 4. The van der Waals surface area contributed by atoms with Gasteiger partial charge in [-0.25, -0.2) is 4.79 Å². The SMILES string of the molecule is COC(=O)Oc1cccc(Cl)c1COc1cc(Cl)c(C)cc1Br. The summed E-state index contributed by atoms with van der Waals surface area (Å²) in [7, 11) is 1.23. The second-order valence-electron chi connectivity index (χ2n) is 4.59. The monoisotopic (exact) mass is 418 g/mol. The molecule has 7 heteroatoms. The minimum atomic E-state index is -0.826. The minimum absolute atomic E-state index is 0.101. The maximum atomic E-state index is 11.3. The van der Waals surface area contributed by atoms with Crippen LogP contribution in [0.1, 0.15) is 11.1 Å². The van der Waals surface area contributed by atoms with Crippen LogP contribution < -0.4 is 9.47 Å². The maximum Gasteiger partial charge on any atom is 0.513 e. The lowest BCUT2D eigenvalue weighted by Crippen LogP contribution is -2.10. The summed E-state index contributed by atoms with van der Waals surface area (Å²) in [5.74, 6) is 0.836. The summed E-state index contributed by atoms with van der Waals surface area (Å²) in [6, 6.07) is 8.53. The third kappa shape index (κ3) is 4.53. The van der Waals surface area contributed by atoms with E-state index < -0.39 is 6.16 Å². The molecule has 2 aromatic rings. The molecule has 0 aliphatic rings. The van der Waals surface area contributed by atoms with Gasteiger partial charge in [0, 0.05) is 11.1 Å². The maximum absolute atomic E-state index is 11.3. The number of hydrogen-bond acceptors (Lipinski definition) is 4. The number of benzene rings is 2. The van der Waals surface area contributed by atoms with Crippen LogP contribution in [0.4, 0.5) is 4.79 Å². The topological polar surface area (TPSA) is 44.8 Å². The predicted molar refractivity (Wildman–Crippen MR) is 92.7 cm³/mol. The summed E-state index contributed by atoms with van der Waals surface area (Å²) in [5, 5.41) is 1.01. The van der Waals surface area contributed by atoms with Crippen molar-refractivity contribution >= 4 is 45.3 Å². The van der Waals surface area contributed by atoms with Gasteiger partial charge in [-0.2, -0.15) is 0 Å². The molecule has 0 saturated heterocycles. The molecule has 4 nitrogen and oxygen atoms in total. The van der Waals surface area contributed by atoms with E-state index >= 15 is 0 Å². The van der Waals surface area contributed by atoms with Crippen molar-refractivity contribution in [2.24, 2.45) is 0 Å². The number of carbonyl (C=O) groups is 1. The Bertz CT molecular complexity index is 734. The molecule has 0 bridgehead atoms. The van der Waals surface area contributed by atoms with Gasteiger partial charge in [-0.1, -0.05) is 29.3 Å². The zero-order valence-electron chi connectivity index (χ0n) is 12.4. The number of ether oxygens (including phenoxy) is 3. The molecule has 23 heavy (non-hydrogen) atoms. The molecule has 0 unspecified atom stereocenters. The van der Waals surface area contributed by atoms with Crippen LogP contribution in [0.3, 0.4) is 0 Å². The lowest BCUT2D eigenvalue weighted by atomic mass is 10.2. The molecular formula is C16H13BrCl2O4. The van der Waals surface area contributed by atoms with Crippen molar-refractivity contribution in [3.05, 3.63) is 56.0 Å². The van der Waals surface area contributed by atoms with Gasteiger partial charge in [0.05, 0.1) is 22.2 Å². The smallest absolute Gasteiger partial charge is 0.487 e. The lowest BCUT2D eigenvalue weighted by molar-refractivity contribution is 0.120. The van der Waals surface area contributed by atoms with Gasteiger partial charge in [0.2, 0.25) is 0 Å². The molecule has 0 N–H and O–H groups in total. The summed E-state index contributed by atoms with van der Waals surface area (Å²) in [5.41, 5.74) is 1.46. The summed E-state index contributed by atoms with van der Waals surface area (Å²) in [6.45, 7) is 2.00. The summed E-state index contributed by atoms with van der Waals surface area (Å²) in [6.07, 6.45) is -0.826. The number of methoxy groups -OCH3 is 1. The Morgan fingerprint density at radius 3 is 2.61 bits per heavy atom. The van der Waals surface area contributed by atoms with Crippen molar-refractivity contribution in [3.63, 3.8) is 0 Å². The highest BCUT2D eigenvalue weighted by Crippen LogP contribution is 2.33. The largest absolute Gasteiger partial charge is 0.513 e. The van der Waals surface area contributed by atoms with E-state index in [-0.39, 0.29) is 12.4 Å². The number of hydrogen-bond donors (Lipinski definition) is 0. The number of halogens is 3. The molecule has 0 atom stereocenters. The first-order valence-electron chi connectivity index (χ1n) is 6.54. The molecule has 122 valence electrons. The van der Waals surface area contributed by atoms with E-state index in [9.17, 15) is 4.79 Å². The average molecular weight is 420 g/mol. The van der Waals surface area contributed by atoms with E-state index in [1.807, 2.05) is 13.0 Å². The normalized spacial score (nSPS) is 10.3. The van der Waals surface area contributed by atoms with Crippen molar-refractivity contribution in [1.29, 1.82) is 0 Å². The fraction of sp³-hybridized carbons (Fsp3) is 0.188. The van der Waals surface area contributed by atoms with Crippen molar-refractivity contribution in [2.75, 3.05) is 7.11 Å². The zero-order valence-corrected chi connectivity index (χ0v) is 15.5. The molecule has 0 fully saturated rings. The Morgan fingerprint density at radius 2 is 1.91 bits per heavy atom. The van der Waals surface area contributed by atoms with Crippen LogP contribution in [-0.2, 0) is 11.3 Å². The second kappa shape index (κ2) is 7.90. The fourth-order valence-electron chi connectivity index (χ4n) is 1.79. The first-order valence-corrected chi connectivity index (χ1v) is 8.09. The molecule has 2 rings (SSSR count). The first-order chi connectivity index (χ1) is 10.9. The average Bonchev–Trinajstić information content (AvgIpc) is 2.51. The van der Waals surface area contributed by atoms with E-state index in [4.69, 9.17) is 32.7 Å². The molecule has 0 aromatic heterocycles. The highest BCUT2D eigenvalue weighted by Gasteiger charge is 2.14. The standard InChI is InChI=1S/C16H13BrCl2O4/c1-9-6-11(17)15(7-13(9)19)22-8-10-12(18)4-3-5-14(10)23-16(20)21-2/h3-7H,8H2,1-2H3. The van der Waals surface area contributed by atoms with Crippen molar-refractivity contribution in [2.45, 2.75) is 13.5 Å². The zero-order chi connectivity index (χ0) is 17.0. The van der Waals surface area contributed by atoms with Crippen LogP contribution >= 0.6 is 39.1 Å². The van der Waals surface area contributed by atoms with Crippen LogP contribution in [0.2, 0.25) is 10.0 Å². The summed E-state index contributed by atoms with van der Waals surface area (Å²) >= 11 is 15.7. The summed E-state index contributed by atoms with van der Waals surface area (Å²) in [4.78, 5) is 11.3.